The van der Waals surface area contributed by atoms with E-state index in [1.54, 1.807) is 0 Å². The molecule has 0 spiro atoms. The molecular weight excluding hydrogens is 444 g/mol. The van der Waals surface area contributed by atoms with Gasteiger partial charge in [0.05, 0.1) is 16.7 Å². The van der Waals surface area contributed by atoms with Crippen molar-refractivity contribution in [2.45, 2.75) is 0 Å². The lowest BCUT2D eigenvalue weighted by molar-refractivity contribution is -0.138. The Morgan fingerprint density at radius 1 is 0.824 bits per heavy atom. The summed E-state index contributed by atoms with van der Waals surface area (Å²) in [5.41, 5.74) is 0.0576. The smallest absolute Gasteiger partial charge is 0.330 e. The molecule has 4 N–H and O–H groups in total. The Kier molecular flexibility index (Phi) is 7.32. The SMILES string of the molecule is C=CC(=O)OCCNc1cc(O)cc2c1C(=O)c1c(NCCOC(=O)C=C)ccc(O)c1C2=O. The van der Waals surface area contributed by atoms with Gasteiger partial charge in [0, 0.05) is 48.2 Å². The number of benzene rings is 2. The molecule has 176 valence electrons. The minimum absolute atomic E-state index is 0.00270. The molecule has 0 aromatic heterocycles. The van der Waals surface area contributed by atoms with Gasteiger partial charge >= 0.3 is 11.9 Å². The average Bonchev–Trinajstić information content (AvgIpc) is 2.82. The van der Waals surface area contributed by atoms with E-state index in [0.717, 1.165) is 18.2 Å². The van der Waals surface area contributed by atoms with Gasteiger partial charge in [0.15, 0.2) is 11.6 Å². The van der Waals surface area contributed by atoms with E-state index in [4.69, 9.17) is 9.47 Å². The fourth-order valence-electron chi connectivity index (χ4n) is 3.45. The van der Waals surface area contributed by atoms with Gasteiger partial charge in [-0.05, 0) is 18.2 Å². The second-order valence-electron chi connectivity index (χ2n) is 7.05. The summed E-state index contributed by atoms with van der Waals surface area (Å²) in [6, 6.07) is 5.12. The van der Waals surface area contributed by atoms with Crippen LogP contribution in [-0.4, -0.2) is 60.0 Å². The summed E-state index contributed by atoms with van der Waals surface area (Å²) in [6.45, 7) is 6.73. The predicted octanol–water partition coefficient (Wildman–Crippen LogP) is 2.16. The molecule has 3 rings (SSSR count). The van der Waals surface area contributed by atoms with Gasteiger partial charge in [-0.25, -0.2) is 9.59 Å². The number of esters is 2. The van der Waals surface area contributed by atoms with E-state index >= 15 is 0 Å². The number of hydrogen-bond acceptors (Lipinski definition) is 10. The Labute approximate surface area is 194 Å². The molecule has 0 heterocycles. The van der Waals surface area contributed by atoms with Crippen LogP contribution in [-0.2, 0) is 19.1 Å². The fourth-order valence-corrected chi connectivity index (χ4v) is 3.45. The number of nitrogens with one attached hydrogen (secondary N) is 2. The summed E-state index contributed by atoms with van der Waals surface area (Å²) in [5.74, 6) is -3.12. The molecule has 10 heteroatoms. The Balaban J connectivity index is 1.93. The van der Waals surface area contributed by atoms with Crippen LogP contribution in [0.25, 0.3) is 0 Å². The zero-order chi connectivity index (χ0) is 24.8. The molecule has 0 amide bonds. The molecular formula is C24H22N2O8. The van der Waals surface area contributed by atoms with Crippen molar-refractivity contribution >= 4 is 34.9 Å². The number of ketones is 2. The topological polar surface area (TPSA) is 151 Å². The van der Waals surface area contributed by atoms with Crippen molar-refractivity contribution in [3.63, 3.8) is 0 Å². The maximum Gasteiger partial charge on any atom is 0.330 e. The Bertz CT molecular complexity index is 1200. The zero-order valence-corrected chi connectivity index (χ0v) is 18.1. The molecule has 0 saturated heterocycles. The van der Waals surface area contributed by atoms with Crippen LogP contribution in [0.3, 0.4) is 0 Å². The zero-order valence-electron chi connectivity index (χ0n) is 18.1. The van der Waals surface area contributed by atoms with Crippen molar-refractivity contribution in [2.24, 2.45) is 0 Å². The van der Waals surface area contributed by atoms with E-state index in [-0.39, 0.29) is 65.7 Å². The van der Waals surface area contributed by atoms with Gasteiger partial charge in [-0.15, -0.1) is 0 Å². The van der Waals surface area contributed by atoms with Gasteiger partial charge in [0.2, 0.25) is 0 Å². The summed E-state index contributed by atoms with van der Waals surface area (Å²) in [6.07, 6.45) is 2.03. The Morgan fingerprint density at radius 3 is 2.00 bits per heavy atom. The highest BCUT2D eigenvalue weighted by atomic mass is 16.5. The van der Waals surface area contributed by atoms with E-state index < -0.39 is 29.3 Å². The van der Waals surface area contributed by atoms with Crippen LogP contribution in [0.1, 0.15) is 31.8 Å². The van der Waals surface area contributed by atoms with Gasteiger partial charge in [-0.1, -0.05) is 13.2 Å². The van der Waals surface area contributed by atoms with Crippen molar-refractivity contribution in [3.8, 4) is 11.5 Å². The first kappa shape index (κ1) is 24.1. The molecule has 10 nitrogen and oxygen atoms in total. The summed E-state index contributed by atoms with van der Waals surface area (Å²) >= 11 is 0. The van der Waals surface area contributed by atoms with Gasteiger partial charge in [0.1, 0.15) is 24.7 Å². The number of phenolic OH excluding ortho intramolecular Hbond substituents is 2. The van der Waals surface area contributed by atoms with E-state index in [1.807, 2.05) is 0 Å². The number of rotatable bonds is 10. The third kappa shape index (κ3) is 4.90. The molecule has 0 saturated carbocycles. The van der Waals surface area contributed by atoms with Crippen molar-refractivity contribution in [1.82, 2.24) is 0 Å². The molecule has 1 aliphatic carbocycles. The van der Waals surface area contributed by atoms with E-state index in [1.165, 1.54) is 18.2 Å². The molecule has 0 fully saturated rings. The van der Waals surface area contributed by atoms with E-state index in [0.29, 0.717) is 0 Å². The van der Waals surface area contributed by atoms with Crippen LogP contribution >= 0.6 is 0 Å². The van der Waals surface area contributed by atoms with E-state index in [2.05, 4.69) is 23.8 Å². The molecule has 34 heavy (non-hydrogen) atoms. The van der Waals surface area contributed by atoms with Crippen LogP contribution in [0, 0.1) is 0 Å². The van der Waals surface area contributed by atoms with Gasteiger partial charge in [-0.2, -0.15) is 0 Å². The monoisotopic (exact) mass is 466 g/mol. The van der Waals surface area contributed by atoms with Gasteiger partial charge in [-0.3, -0.25) is 9.59 Å². The fraction of sp³-hybridized carbons (Fsp3) is 0.167. The lowest BCUT2D eigenvalue weighted by atomic mass is 9.81. The summed E-state index contributed by atoms with van der Waals surface area (Å²) in [7, 11) is 0. The first-order chi connectivity index (χ1) is 16.3. The predicted molar refractivity (Wildman–Crippen MR) is 122 cm³/mol. The number of hydrogen-bond donors (Lipinski definition) is 4. The standard InChI is InChI=1S/C24H22N2O8/c1-3-18(29)33-9-7-25-15-5-6-17(28)22-21(15)24(32)20-14(23(22)31)11-13(27)12-16(20)26-8-10-34-19(30)4-2/h3-6,11-12,25-28H,1-2,7-10H2. The van der Waals surface area contributed by atoms with Crippen LogP contribution in [0.15, 0.2) is 49.6 Å². The number of phenols is 2. The van der Waals surface area contributed by atoms with Crippen LogP contribution in [0.5, 0.6) is 11.5 Å². The van der Waals surface area contributed by atoms with Crippen molar-refractivity contribution in [2.75, 3.05) is 36.9 Å². The van der Waals surface area contributed by atoms with Gasteiger partial charge < -0.3 is 30.3 Å². The molecule has 0 atom stereocenters. The molecule has 2 aromatic rings. The van der Waals surface area contributed by atoms with Crippen molar-refractivity contribution in [1.29, 1.82) is 0 Å². The Hall–Kier alpha value is -4.60. The minimum Gasteiger partial charge on any atom is -0.508 e. The Morgan fingerprint density at radius 2 is 1.41 bits per heavy atom. The number of carbonyl (C=O) groups is 4. The molecule has 2 aromatic carbocycles. The third-order valence-corrected chi connectivity index (χ3v) is 4.89. The molecule has 0 aliphatic heterocycles. The summed E-state index contributed by atoms with van der Waals surface area (Å²) in [5, 5.41) is 26.3. The number of ether oxygens (including phenoxy) is 2. The number of anilines is 2. The van der Waals surface area contributed by atoms with Crippen LogP contribution in [0.4, 0.5) is 11.4 Å². The lowest BCUT2D eigenvalue weighted by Crippen LogP contribution is -2.25. The second-order valence-corrected chi connectivity index (χ2v) is 7.05. The average molecular weight is 466 g/mol. The van der Waals surface area contributed by atoms with Crippen molar-refractivity contribution in [3.05, 3.63) is 71.8 Å². The largest absolute Gasteiger partial charge is 0.508 e. The highest BCUT2D eigenvalue weighted by molar-refractivity contribution is 6.32. The summed E-state index contributed by atoms with van der Waals surface area (Å²) < 4.78 is 9.78. The molecule has 0 unspecified atom stereocenters. The minimum atomic E-state index is -0.652. The van der Waals surface area contributed by atoms with Crippen LogP contribution in [0.2, 0.25) is 0 Å². The number of carbonyl (C=O) groups excluding carboxylic acids is 4. The first-order valence-electron chi connectivity index (χ1n) is 10.2. The number of fused-ring (bicyclic) bond motifs is 2. The second kappa shape index (κ2) is 10.3. The highest BCUT2D eigenvalue weighted by Gasteiger charge is 2.36. The molecule has 0 radical (unpaired) electrons. The molecule has 1 aliphatic rings. The third-order valence-electron chi connectivity index (χ3n) is 4.89. The first-order valence-corrected chi connectivity index (χ1v) is 10.2. The normalized spacial score (nSPS) is 11.6. The quantitative estimate of drug-likeness (QED) is 0.151. The van der Waals surface area contributed by atoms with Crippen molar-refractivity contribution < 1.29 is 38.9 Å². The van der Waals surface area contributed by atoms with Crippen LogP contribution < -0.4 is 10.6 Å². The van der Waals surface area contributed by atoms with Gasteiger partial charge in [0.25, 0.3) is 0 Å². The number of aromatic hydroxyl groups is 2. The van der Waals surface area contributed by atoms with E-state index in [9.17, 15) is 29.4 Å². The highest BCUT2D eigenvalue weighted by Crippen LogP contribution is 2.40. The summed E-state index contributed by atoms with van der Waals surface area (Å²) in [4.78, 5) is 49.1. The maximum atomic E-state index is 13.5. The lowest BCUT2D eigenvalue weighted by Gasteiger charge is -2.24. The molecule has 0 bridgehead atoms. The maximum absolute atomic E-state index is 13.5.